The van der Waals surface area contributed by atoms with E-state index in [1.807, 2.05) is 13.8 Å². The Morgan fingerprint density at radius 3 is 2.82 bits per heavy atom. The number of aryl methyl sites for hydroxylation is 2. The molecule has 5 heteroatoms. The van der Waals surface area contributed by atoms with Crippen LogP contribution in [0.1, 0.15) is 55.5 Å². The summed E-state index contributed by atoms with van der Waals surface area (Å²) in [4.78, 5) is 29.7. The number of amides is 1. The average Bonchev–Trinajstić information content (AvgIpc) is 2.47. The molecule has 120 valence electrons. The Kier molecular flexibility index (Phi) is 5.92. The molecule has 2 N–H and O–H groups in total. The molecule has 0 atom stereocenters. The van der Waals surface area contributed by atoms with Gasteiger partial charge in [-0.15, -0.1) is 0 Å². The summed E-state index contributed by atoms with van der Waals surface area (Å²) in [6.07, 6.45) is 9.24. The lowest BCUT2D eigenvalue weighted by Crippen LogP contribution is -2.25. The monoisotopic (exact) mass is 303 g/mol. The Hall–Kier alpha value is -1.91. The molecule has 0 unspecified atom stereocenters. The van der Waals surface area contributed by atoms with Gasteiger partial charge in [-0.3, -0.25) is 4.79 Å². The predicted octanol–water partition coefficient (Wildman–Crippen LogP) is 2.33. The van der Waals surface area contributed by atoms with E-state index in [-0.39, 0.29) is 11.6 Å². The minimum atomic E-state index is -0.330. The van der Waals surface area contributed by atoms with Crippen LogP contribution in [0.5, 0.6) is 0 Å². The van der Waals surface area contributed by atoms with Gasteiger partial charge in [0.05, 0.1) is 0 Å². The van der Waals surface area contributed by atoms with Crippen molar-refractivity contribution in [2.24, 2.45) is 0 Å². The lowest BCUT2D eigenvalue weighted by atomic mass is 9.97. The molecule has 5 nitrogen and oxygen atoms in total. The molecule has 0 spiro atoms. The number of rotatable bonds is 6. The first-order chi connectivity index (χ1) is 10.6. The van der Waals surface area contributed by atoms with Gasteiger partial charge in [0, 0.05) is 24.4 Å². The van der Waals surface area contributed by atoms with Crippen molar-refractivity contribution < 1.29 is 4.79 Å². The van der Waals surface area contributed by atoms with Crippen molar-refractivity contribution in [3.8, 4) is 0 Å². The maximum absolute atomic E-state index is 11.9. The van der Waals surface area contributed by atoms with Crippen LogP contribution in [0.25, 0.3) is 0 Å². The molecule has 1 aliphatic carbocycles. The van der Waals surface area contributed by atoms with Gasteiger partial charge < -0.3 is 10.3 Å². The third kappa shape index (κ3) is 4.83. The van der Waals surface area contributed by atoms with Crippen LogP contribution in [0.15, 0.2) is 16.4 Å². The first-order valence-corrected chi connectivity index (χ1v) is 8.07. The number of nitrogens with one attached hydrogen (secondary N) is 2. The van der Waals surface area contributed by atoms with Gasteiger partial charge in [-0.1, -0.05) is 11.6 Å². The van der Waals surface area contributed by atoms with Crippen LogP contribution in [0.4, 0.5) is 0 Å². The lowest BCUT2D eigenvalue weighted by Gasteiger charge is -2.13. The van der Waals surface area contributed by atoms with E-state index in [1.54, 1.807) is 0 Å². The fourth-order valence-electron chi connectivity index (χ4n) is 2.94. The highest BCUT2D eigenvalue weighted by Crippen LogP contribution is 2.19. The quantitative estimate of drug-likeness (QED) is 0.792. The van der Waals surface area contributed by atoms with E-state index in [9.17, 15) is 9.59 Å². The summed E-state index contributed by atoms with van der Waals surface area (Å²) in [7, 11) is 0. The normalized spacial score (nSPS) is 14.5. The van der Waals surface area contributed by atoms with Gasteiger partial charge in [0.15, 0.2) is 0 Å². The molecule has 0 saturated carbocycles. The summed E-state index contributed by atoms with van der Waals surface area (Å²) in [6.45, 7) is 4.37. The van der Waals surface area contributed by atoms with Gasteiger partial charge >= 0.3 is 5.69 Å². The molecular formula is C17H25N3O2. The Balaban J connectivity index is 1.76. The van der Waals surface area contributed by atoms with Gasteiger partial charge in [-0.2, -0.15) is 4.98 Å². The maximum Gasteiger partial charge on any atom is 0.345 e. The summed E-state index contributed by atoms with van der Waals surface area (Å²) >= 11 is 0. The molecule has 0 radical (unpaired) electrons. The standard InChI is InChI=1S/C17H25N3O2/c1-12-15(13(2)20-17(22)19-12)8-9-16(21)18-11-10-14-6-4-3-5-7-14/h6H,3-5,7-11H2,1-2H3,(H,18,21)(H,19,20,22). The van der Waals surface area contributed by atoms with Crippen LogP contribution in [-0.4, -0.2) is 22.4 Å². The van der Waals surface area contributed by atoms with Crippen molar-refractivity contribution >= 4 is 5.91 Å². The Morgan fingerprint density at radius 2 is 2.14 bits per heavy atom. The van der Waals surface area contributed by atoms with Crippen LogP contribution in [0.3, 0.4) is 0 Å². The molecule has 0 bridgehead atoms. The highest BCUT2D eigenvalue weighted by molar-refractivity contribution is 5.76. The van der Waals surface area contributed by atoms with E-state index in [2.05, 4.69) is 21.4 Å². The Labute approximate surface area is 131 Å². The summed E-state index contributed by atoms with van der Waals surface area (Å²) in [6, 6.07) is 0. The fraction of sp³-hybridized carbons (Fsp3) is 0.588. The number of carbonyl (C=O) groups is 1. The van der Waals surface area contributed by atoms with E-state index in [0.717, 1.165) is 17.7 Å². The first-order valence-electron chi connectivity index (χ1n) is 8.07. The molecular weight excluding hydrogens is 278 g/mol. The van der Waals surface area contributed by atoms with Crippen LogP contribution in [0.2, 0.25) is 0 Å². The molecule has 1 amide bonds. The molecule has 0 fully saturated rings. The molecule has 1 aromatic heterocycles. The third-order valence-corrected chi connectivity index (χ3v) is 4.21. The summed E-state index contributed by atoms with van der Waals surface area (Å²) < 4.78 is 0. The topological polar surface area (TPSA) is 74.8 Å². The molecule has 0 aromatic carbocycles. The average molecular weight is 303 g/mol. The number of hydrogen-bond donors (Lipinski definition) is 2. The van der Waals surface area contributed by atoms with Crippen molar-refractivity contribution in [2.75, 3.05) is 6.54 Å². The number of nitrogens with zero attached hydrogens (tertiary/aromatic N) is 1. The summed E-state index contributed by atoms with van der Waals surface area (Å²) in [5.74, 6) is 0.0569. The van der Waals surface area contributed by atoms with Crippen LogP contribution < -0.4 is 11.0 Å². The molecule has 0 aliphatic heterocycles. The smallest absolute Gasteiger partial charge is 0.345 e. The number of hydrogen-bond acceptors (Lipinski definition) is 3. The minimum Gasteiger partial charge on any atom is -0.356 e. The second-order valence-electron chi connectivity index (χ2n) is 5.94. The number of carbonyl (C=O) groups excluding carboxylic acids is 1. The van der Waals surface area contributed by atoms with E-state index >= 15 is 0 Å². The van der Waals surface area contributed by atoms with Gasteiger partial charge in [0.2, 0.25) is 5.91 Å². The number of aromatic nitrogens is 2. The van der Waals surface area contributed by atoms with Crippen molar-refractivity contribution in [1.82, 2.24) is 15.3 Å². The van der Waals surface area contributed by atoms with Crippen molar-refractivity contribution in [2.45, 2.75) is 58.8 Å². The zero-order chi connectivity index (χ0) is 15.9. The first kappa shape index (κ1) is 16.5. The zero-order valence-electron chi connectivity index (χ0n) is 13.5. The second-order valence-corrected chi connectivity index (χ2v) is 5.94. The third-order valence-electron chi connectivity index (χ3n) is 4.21. The Bertz CT molecular complexity index is 591. The van der Waals surface area contributed by atoms with E-state index in [1.165, 1.54) is 31.3 Å². The SMILES string of the molecule is Cc1nc(=O)[nH]c(C)c1CCC(=O)NCCC1=CCCCC1. The fourth-order valence-corrected chi connectivity index (χ4v) is 2.94. The number of allylic oxidation sites excluding steroid dienone is 1. The number of H-pyrrole nitrogens is 1. The highest BCUT2D eigenvalue weighted by Gasteiger charge is 2.09. The van der Waals surface area contributed by atoms with Crippen LogP contribution >= 0.6 is 0 Å². The maximum atomic E-state index is 11.9. The summed E-state index contributed by atoms with van der Waals surface area (Å²) in [5.41, 5.74) is 3.62. The molecule has 0 saturated heterocycles. The lowest BCUT2D eigenvalue weighted by molar-refractivity contribution is -0.121. The molecule has 2 rings (SSSR count). The minimum absolute atomic E-state index is 0.0569. The largest absolute Gasteiger partial charge is 0.356 e. The van der Waals surface area contributed by atoms with Crippen molar-refractivity contribution in [1.29, 1.82) is 0 Å². The van der Waals surface area contributed by atoms with Crippen molar-refractivity contribution in [3.63, 3.8) is 0 Å². The van der Waals surface area contributed by atoms with Crippen LogP contribution in [-0.2, 0) is 11.2 Å². The van der Waals surface area contributed by atoms with Gasteiger partial charge in [-0.25, -0.2) is 4.79 Å². The molecule has 1 aliphatic rings. The van der Waals surface area contributed by atoms with Gasteiger partial charge in [-0.05, 0) is 57.9 Å². The van der Waals surface area contributed by atoms with Gasteiger partial charge in [0.1, 0.15) is 0 Å². The predicted molar refractivity (Wildman–Crippen MR) is 86.8 cm³/mol. The van der Waals surface area contributed by atoms with Crippen LogP contribution in [0, 0.1) is 13.8 Å². The zero-order valence-corrected chi connectivity index (χ0v) is 13.5. The van der Waals surface area contributed by atoms with E-state index in [4.69, 9.17) is 0 Å². The highest BCUT2D eigenvalue weighted by atomic mass is 16.1. The van der Waals surface area contributed by atoms with Crippen molar-refractivity contribution in [3.05, 3.63) is 39.1 Å². The van der Waals surface area contributed by atoms with Gasteiger partial charge in [0.25, 0.3) is 0 Å². The second kappa shape index (κ2) is 7.92. The number of aromatic amines is 1. The van der Waals surface area contributed by atoms with E-state index < -0.39 is 0 Å². The van der Waals surface area contributed by atoms with E-state index in [0.29, 0.717) is 25.1 Å². The molecule has 22 heavy (non-hydrogen) atoms. The summed E-state index contributed by atoms with van der Waals surface area (Å²) in [5, 5.41) is 2.98. The molecule has 1 heterocycles. The molecule has 1 aromatic rings. The Morgan fingerprint density at radius 1 is 1.32 bits per heavy atom.